The van der Waals surface area contributed by atoms with E-state index in [4.69, 9.17) is 18.9 Å². The summed E-state index contributed by atoms with van der Waals surface area (Å²) in [5.74, 6) is -0.643. The molecule has 0 aromatic heterocycles. The first-order chi connectivity index (χ1) is 13.1. The van der Waals surface area contributed by atoms with Gasteiger partial charge in [-0.05, 0) is 43.9 Å². The standard InChI is InChI=1S/C23H44O4/c1-6-8-9-10-11-12-13-19(23(24-3,25-4)26-5)14-16-22(7-2)17-15-20-21(18-22)27-20/h19-21H,6-18H2,1-5H3. The van der Waals surface area contributed by atoms with Gasteiger partial charge in [-0.25, -0.2) is 0 Å². The number of fused-ring (bicyclic) bond motifs is 1. The van der Waals surface area contributed by atoms with Crippen molar-refractivity contribution >= 4 is 0 Å². The zero-order valence-electron chi connectivity index (χ0n) is 18.6. The average molecular weight is 385 g/mol. The second-order valence-electron chi connectivity index (χ2n) is 8.82. The van der Waals surface area contributed by atoms with Gasteiger partial charge in [-0.15, -0.1) is 0 Å². The van der Waals surface area contributed by atoms with Crippen LogP contribution in [0.5, 0.6) is 0 Å². The van der Waals surface area contributed by atoms with Gasteiger partial charge in [-0.2, -0.15) is 0 Å². The number of rotatable bonds is 15. The van der Waals surface area contributed by atoms with Gasteiger partial charge >= 0.3 is 0 Å². The van der Waals surface area contributed by atoms with Crippen molar-refractivity contribution in [2.24, 2.45) is 11.3 Å². The topological polar surface area (TPSA) is 40.2 Å². The summed E-state index contributed by atoms with van der Waals surface area (Å²) in [5, 5.41) is 0. The molecule has 27 heavy (non-hydrogen) atoms. The molecule has 160 valence electrons. The zero-order chi connectivity index (χ0) is 19.8. The molecule has 2 fully saturated rings. The predicted octanol–water partition coefficient (Wildman–Crippen LogP) is 6.07. The average Bonchev–Trinajstić information content (AvgIpc) is 3.48. The van der Waals surface area contributed by atoms with Crippen LogP contribution in [-0.4, -0.2) is 39.5 Å². The summed E-state index contributed by atoms with van der Waals surface area (Å²) in [6.07, 6.45) is 17.4. The van der Waals surface area contributed by atoms with Crippen molar-refractivity contribution in [3.05, 3.63) is 0 Å². The van der Waals surface area contributed by atoms with Crippen LogP contribution in [-0.2, 0) is 18.9 Å². The van der Waals surface area contributed by atoms with Gasteiger partial charge in [-0.3, -0.25) is 0 Å². The fourth-order valence-corrected chi connectivity index (χ4v) is 5.21. The van der Waals surface area contributed by atoms with Gasteiger partial charge in [0.25, 0.3) is 5.97 Å². The molecule has 4 heteroatoms. The summed E-state index contributed by atoms with van der Waals surface area (Å²) in [6, 6.07) is 0. The molecular formula is C23H44O4. The lowest BCUT2D eigenvalue weighted by molar-refractivity contribution is -0.380. The molecule has 2 rings (SSSR count). The van der Waals surface area contributed by atoms with Gasteiger partial charge < -0.3 is 18.9 Å². The quantitative estimate of drug-likeness (QED) is 0.195. The number of epoxide rings is 1. The number of hydrogen-bond donors (Lipinski definition) is 0. The number of unbranched alkanes of at least 4 members (excludes halogenated alkanes) is 5. The Balaban J connectivity index is 1.91. The maximum Gasteiger partial charge on any atom is 0.285 e. The van der Waals surface area contributed by atoms with Crippen molar-refractivity contribution in [2.45, 2.75) is 115 Å². The molecule has 0 aromatic carbocycles. The van der Waals surface area contributed by atoms with Gasteiger partial charge in [0.2, 0.25) is 0 Å². The molecule has 4 nitrogen and oxygen atoms in total. The molecule has 2 aliphatic rings. The zero-order valence-corrected chi connectivity index (χ0v) is 18.6. The van der Waals surface area contributed by atoms with Gasteiger partial charge in [0.1, 0.15) is 0 Å². The van der Waals surface area contributed by atoms with Gasteiger partial charge in [0.15, 0.2) is 0 Å². The molecule has 4 unspecified atom stereocenters. The third-order valence-electron chi connectivity index (χ3n) is 7.31. The Labute approximate surface area is 167 Å². The van der Waals surface area contributed by atoms with Crippen LogP contribution in [0.4, 0.5) is 0 Å². The van der Waals surface area contributed by atoms with E-state index in [-0.39, 0.29) is 5.92 Å². The Bertz CT molecular complexity index is 401. The molecule has 1 aliphatic carbocycles. The van der Waals surface area contributed by atoms with E-state index in [0.29, 0.717) is 17.6 Å². The largest absolute Gasteiger partial charge is 0.370 e. The molecular weight excluding hydrogens is 340 g/mol. The molecule has 0 radical (unpaired) electrons. The minimum Gasteiger partial charge on any atom is -0.370 e. The van der Waals surface area contributed by atoms with E-state index in [1.807, 2.05) is 0 Å². The van der Waals surface area contributed by atoms with E-state index < -0.39 is 5.97 Å². The van der Waals surface area contributed by atoms with Crippen molar-refractivity contribution in [1.82, 2.24) is 0 Å². The highest BCUT2D eigenvalue weighted by molar-refractivity contribution is 4.98. The summed E-state index contributed by atoms with van der Waals surface area (Å²) < 4.78 is 23.1. The second kappa shape index (κ2) is 11.1. The Morgan fingerprint density at radius 3 is 2.19 bits per heavy atom. The molecule has 1 saturated carbocycles. The van der Waals surface area contributed by atoms with Crippen molar-refractivity contribution in [3.63, 3.8) is 0 Å². The van der Waals surface area contributed by atoms with E-state index in [0.717, 1.165) is 12.8 Å². The first-order valence-electron chi connectivity index (χ1n) is 11.4. The summed E-state index contributed by atoms with van der Waals surface area (Å²) in [6.45, 7) is 4.62. The van der Waals surface area contributed by atoms with Crippen LogP contribution in [0.15, 0.2) is 0 Å². The van der Waals surface area contributed by atoms with Crippen LogP contribution in [0, 0.1) is 11.3 Å². The Morgan fingerprint density at radius 1 is 0.926 bits per heavy atom. The molecule has 0 aromatic rings. The highest BCUT2D eigenvalue weighted by atomic mass is 16.9. The Hall–Kier alpha value is -0.160. The third-order valence-corrected chi connectivity index (χ3v) is 7.31. The van der Waals surface area contributed by atoms with Crippen LogP contribution in [0.1, 0.15) is 97.3 Å². The van der Waals surface area contributed by atoms with Crippen molar-refractivity contribution in [3.8, 4) is 0 Å². The van der Waals surface area contributed by atoms with Gasteiger partial charge in [0, 0.05) is 27.2 Å². The highest BCUT2D eigenvalue weighted by Gasteiger charge is 2.50. The molecule has 1 saturated heterocycles. The molecule has 4 atom stereocenters. The lowest BCUT2D eigenvalue weighted by Gasteiger charge is -2.40. The molecule has 0 bridgehead atoms. The Morgan fingerprint density at radius 2 is 1.59 bits per heavy atom. The summed E-state index contributed by atoms with van der Waals surface area (Å²) in [4.78, 5) is 0. The normalized spacial score (nSPS) is 28.8. The molecule has 0 N–H and O–H groups in total. The summed E-state index contributed by atoms with van der Waals surface area (Å²) >= 11 is 0. The van der Waals surface area contributed by atoms with E-state index in [1.165, 1.54) is 70.6 Å². The lowest BCUT2D eigenvalue weighted by Crippen LogP contribution is -2.44. The molecule has 1 aliphatic heterocycles. The molecule has 1 heterocycles. The van der Waals surface area contributed by atoms with E-state index in [1.54, 1.807) is 21.3 Å². The van der Waals surface area contributed by atoms with Crippen LogP contribution in [0.3, 0.4) is 0 Å². The first kappa shape index (κ1) is 23.1. The van der Waals surface area contributed by atoms with Gasteiger partial charge in [-0.1, -0.05) is 58.8 Å². The van der Waals surface area contributed by atoms with Crippen molar-refractivity contribution in [2.75, 3.05) is 21.3 Å². The summed E-state index contributed by atoms with van der Waals surface area (Å²) in [7, 11) is 5.13. The van der Waals surface area contributed by atoms with Gasteiger partial charge in [0.05, 0.1) is 12.2 Å². The Kier molecular flexibility index (Phi) is 9.54. The number of methoxy groups -OCH3 is 3. The van der Waals surface area contributed by atoms with Crippen molar-refractivity contribution in [1.29, 1.82) is 0 Å². The minimum absolute atomic E-state index is 0.268. The second-order valence-corrected chi connectivity index (χ2v) is 8.82. The number of hydrogen-bond acceptors (Lipinski definition) is 4. The minimum atomic E-state index is -0.911. The van der Waals surface area contributed by atoms with Crippen LogP contribution < -0.4 is 0 Å². The predicted molar refractivity (Wildman–Crippen MR) is 110 cm³/mol. The molecule has 0 spiro atoms. The van der Waals surface area contributed by atoms with E-state index >= 15 is 0 Å². The maximum absolute atomic E-state index is 5.81. The smallest absolute Gasteiger partial charge is 0.285 e. The van der Waals surface area contributed by atoms with Crippen molar-refractivity contribution < 1.29 is 18.9 Å². The van der Waals surface area contributed by atoms with E-state index in [9.17, 15) is 0 Å². The van der Waals surface area contributed by atoms with Crippen LogP contribution in [0.2, 0.25) is 0 Å². The first-order valence-corrected chi connectivity index (χ1v) is 11.4. The monoisotopic (exact) mass is 384 g/mol. The fraction of sp³-hybridized carbons (Fsp3) is 1.00. The molecule has 0 amide bonds. The highest BCUT2D eigenvalue weighted by Crippen LogP contribution is 2.51. The third kappa shape index (κ3) is 6.16. The maximum atomic E-state index is 5.81. The fourth-order valence-electron chi connectivity index (χ4n) is 5.21. The summed E-state index contributed by atoms with van der Waals surface area (Å²) in [5.41, 5.74) is 0.429. The number of ether oxygens (including phenoxy) is 4. The SMILES string of the molecule is CCCCCCCCC(CCC1(CC)CCC2OC2C1)C(OC)(OC)OC. The van der Waals surface area contributed by atoms with Crippen LogP contribution >= 0.6 is 0 Å². The lowest BCUT2D eigenvalue weighted by atomic mass is 9.68. The van der Waals surface area contributed by atoms with E-state index in [2.05, 4.69) is 13.8 Å². The van der Waals surface area contributed by atoms with Crippen LogP contribution in [0.25, 0.3) is 0 Å².